The van der Waals surface area contributed by atoms with Gasteiger partial charge < -0.3 is 14.5 Å². The number of rotatable bonds is 3. The summed E-state index contributed by atoms with van der Waals surface area (Å²) in [6.45, 7) is 0.822. The summed E-state index contributed by atoms with van der Waals surface area (Å²) in [4.78, 5) is 41.3. The highest BCUT2D eigenvalue weighted by atomic mass is 35.5. The highest BCUT2D eigenvalue weighted by Crippen LogP contribution is 2.47. The van der Waals surface area contributed by atoms with Crippen molar-refractivity contribution >= 4 is 35.1 Å². The van der Waals surface area contributed by atoms with Crippen LogP contribution in [0.5, 0.6) is 0 Å². The normalized spacial score (nSPS) is 17.4. The minimum absolute atomic E-state index is 0.0679. The lowest BCUT2D eigenvalue weighted by atomic mass is 9.73. The molecule has 150 valence electrons. The number of benzene rings is 2. The van der Waals surface area contributed by atoms with Crippen LogP contribution in [0.1, 0.15) is 28.8 Å². The Labute approximate surface area is 174 Å². The number of halogens is 1. The fraction of sp³-hybridized carbons (Fsp3) is 0.318. The lowest BCUT2D eigenvalue weighted by Gasteiger charge is -2.38. The van der Waals surface area contributed by atoms with Crippen molar-refractivity contribution in [2.24, 2.45) is 0 Å². The topological polar surface area (TPSA) is 66.9 Å². The van der Waals surface area contributed by atoms with Gasteiger partial charge in [-0.1, -0.05) is 29.8 Å². The van der Waals surface area contributed by atoms with E-state index in [4.69, 9.17) is 16.3 Å². The number of piperidine rings is 1. The molecule has 4 rings (SSSR count). The van der Waals surface area contributed by atoms with Crippen LogP contribution in [-0.4, -0.2) is 49.4 Å². The van der Waals surface area contributed by atoms with Gasteiger partial charge in [0, 0.05) is 29.4 Å². The van der Waals surface area contributed by atoms with E-state index in [1.54, 1.807) is 29.2 Å². The maximum absolute atomic E-state index is 13.4. The van der Waals surface area contributed by atoms with Crippen LogP contribution in [0.3, 0.4) is 0 Å². The molecule has 2 aliphatic rings. The van der Waals surface area contributed by atoms with Crippen LogP contribution in [0.2, 0.25) is 5.02 Å². The molecule has 2 heterocycles. The van der Waals surface area contributed by atoms with Gasteiger partial charge in [0.2, 0.25) is 5.91 Å². The average Bonchev–Trinajstić information content (AvgIpc) is 2.97. The standard InChI is InChI=1S/C22H21ClN2O4/c1-29-19(26)14-25-18-5-3-2-4-17(18)22(21(25)28)10-12-24(13-11-22)20(27)15-6-8-16(23)9-7-15/h2-9H,10-14H2,1H3. The first-order valence-electron chi connectivity index (χ1n) is 9.49. The molecular formula is C22H21ClN2O4. The first kappa shape index (κ1) is 19.5. The molecule has 2 aromatic rings. The number of carbonyl (C=O) groups excluding carboxylic acids is 3. The second-order valence-electron chi connectivity index (χ2n) is 7.37. The van der Waals surface area contributed by atoms with E-state index in [-0.39, 0.29) is 18.4 Å². The lowest BCUT2D eigenvalue weighted by molar-refractivity contribution is -0.140. The van der Waals surface area contributed by atoms with Gasteiger partial charge >= 0.3 is 5.97 Å². The number of hydrogen-bond donors (Lipinski definition) is 0. The second kappa shape index (κ2) is 7.52. The Morgan fingerprint density at radius 2 is 1.72 bits per heavy atom. The van der Waals surface area contributed by atoms with Crippen LogP contribution < -0.4 is 4.90 Å². The Morgan fingerprint density at radius 3 is 2.38 bits per heavy atom. The molecule has 0 aromatic heterocycles. The van der Waals surface area contributed by atoms with Gasteiger partial charge in [-0.15, -0.1) is 0 Å². The van der Waals surface area contributed by atoms with Crippen LogP contribution >= 0.6 is 11.6 Å². The zero-order valence-corrected chi connectivity index (χ0v) is 16.8. The van der Waals surface area contributed by atoms with E-state index in [9.17, 15) is 14.4 Å². The number of ether oxygens (including phenoxy) is 1. The van der Waals surface area contributed by atoms with Crippen LogP contribution in [0.15, 0.2) is 48.5 Å². The number of anilines is 1. The van der Waals surface area contributed by atoms with E-state index in [1.165, 1.54) is 12.0 Å². The first-order valence-corrected chi connectivity index (χ1v) is 9.87. The molecule has 0 N–H and O–H groups in total. The predicted molar refractivity (Wildman–Crippen MR) is 109 cm³/mol. The minimum atomic E-state index is -0.707. The van der Waals surface area contributed by atoms with Crippen molar-refractivity contribution in [3.8, 4) is 0 Å². The van der Waals surface area contributed by atoms with Crippen molar-refractivity contribution in [1.29, 1.82) is 0 Å². The molecule has 0 unspecified atom stereocenters. The SMILES string of the molecule is COC(=O)CN1C(=O)C2(CCN(C(=O)c3ccc(Cl)cc3)CC2)c2ccccc21. The molecule has 2 aromatic carbocycles. The van der Waals surface area contributed by atoms with Crippen molar-refractivity contribution < 1.29 is 19.1 Å². The van der Waals surface area contributed by atoms with Gasteiger partial charge in [0.25, 0.3) is 5.91 Å². The second-order valence-corrected chi connectivity index (χ2v) is 7.80. The Balaban J connectivity index is 1.57. The van der Waals surface area contributed by atoms with E-state index < -0.39 is 11.4 Å². The van der Waals surface area contributed by atoms with Crippen LogP contribution in [0, 0.1) is 0 Å². The molecule has 0 bridgehead atoms. The van der Waals surface area contributed by atoms with E-state index in [2.05, 4.69) is 0 Å². The molecule has 7 heteroatoms. The van der Waals surface area contributed by atoms with Gasteiger partial charge in [-0.2, -0.15) is 0 Å². The number of hydrogen-bond acceptors (Lipinski definition) is 4. The van der Waals surface area contributed by atoms with E-state index in [1.807, 2.05) is 24.3 Å². The number of carbonyl (C=O) groups is 3. The Morgan fingerprint density at radius 1 is 1.07 bits per heavy atom. The average molecular weight is 413 g/mol. The molecule has 0 saturated carbocycles. The molecule has 6 nitrogen and oxygen atoms in total. The molecule has 0 aliphatic carbocycles. The summed E-state index contributed by atoms with van der Waals surface area (Å²) in [7, 11) is 1.31. The number of nitrogens with zero attached hydrogens (tertiary/aromatic N) is 2. The molecule has 1 fully saturated rings. The van der Waals surface area contributed by atoms with Gasteiger partial charge in [0.1, 0.15) is 6.54 Å². The Bertz CT molecular complexity index is 965. The minimum Gasteiger partial charge on any atom is -0.468 e. The van der Waals surface area contributed by atoms with Gasteiger partial charge in [-0.25, -0.2) is 0 Å². The molecule has 0 radical (unpaired) electrons. The van der Waals surface area contributed by atoms with Crippen molar-refractivity contribution in [3.63, 3.8) is 0 Å². The third kappa shape index (κ3) is 3.27. The fourth-order valence-corrected chi connectivity index (χ4v) is 4.42. The van der Waals surface area contributed by atoms with Gasteiger partial charge in [0.05, 0.1) is 12.5 Å². The monoisotopic (exact) mass is 412 g/mol. The van der Waals surface area contributed by atoms with Crippen molar-refractivity contribution in [1.82, 2.24) is 4.90 Å². The van der Waals surface area contributed by atoms with Gasteiger partial charge in [0.15, 0.2) is 0 Å². The molecule has 29 heavy (non-hydrogen) atoms. The van der Waals surface area contributed by atoms with Crippen LogP contribution in [-0.2, 0) is 19.7 Å². The summed E-state index contributed by atoms with van der Waals surface area (Å²) < 4.78 is 4.76. The van der Waals surface area contributed by atoms with Crippen molar-refractivity contribution in [2.75, 3.05) is 31.6 Å². The number of amides is 2. The fourth-order valence-electron chi connectivity index (χ4n) is 4.30. The highest BCUT2D eigenvalue weighted by molar-refractivity contribution is 6.30. The van der Waals surface area contributed by atoms with Crippen LogP contribution in [0.25, 0.3) is 0 Å². The first-order chi connectivity index (χ1) is 14.0. The number of fused-ring (bicyclic) bond motifs is 2. The van der Waals surface area contributed by atoms with Crippen molar-refractivity contribution in [2.45, 2.75) is 18.3 Å². The third-order valence-electron chi connectivity index (χ3n) is 5.88. The summed E-state index contributed by atoms with van der Waals surface area (Å²) in [5, 5.41) is 0.581. The maximum atomic E-state index is 13.4. The third-order valence-corrected chi connectivity index (χ3v) is 6.13. The van der Waals surface area contributed by atoms with E-state index in [0.717, 1.165) is 11.3 Å². The largest absolute Gasteiger partial charge is 0.468 e. The number of likely N-dealkylation sites (tertiary alicyclic amines) is 1. The number of methoxy groups -OCH3 is 1. The summed E-state index contributed by atoms with van der Waals surface area (Å²) in [5.74, 6) is -0.620. The smallest absolute Gasteiger partial charge is 0.325 e. The quantitative estimate of drug-likeness (QED) is 0.727. The molecule has 0 atom stereocenters. The number of para-hydroxylation sites is 1. The zero-order chi connectivity index (χ0) is 20.6. The summed E-state index contributed by atoms with van der Waals surface area (Å²) in [5.41, 5.74) is 1.55. The van der Waals surface area contributed by atoms with E-state index in [0.29, 0.717) is 36.5 Å². The van der Waals surface area contributed by atoms with Crippen LogP contribution in [0.4, 0.5) is 5.69 Å². The molecule has 2 amide bonds. The molecular weight excluding hydrogens is 392 g/mol. The molecule has 1 spiro atoms. The number of esters is 1. The lowest BCUT2D eigenvalue weighted by Crippen LogP contribution is -2.50. The Kier molecular flexibility index (Phi) is 5.04. The summed E-state index contributed by atoms with van der Waals surface area (Å²) in [6, 6.07) is 14.4. The molecule has 2 aliphatic heterocycles. The maximum Gasteiger partial charge on any atom is 0.325 e. The van der Waals surface area contributed by atoms with Crippen molar-refractivity contribution in [3.05, 3.63) is 64.7 Å². The predicted octanol–water partition coefficient (Wildman–Crippen LogP) is 3.03. The van der Waals surface area contributed by atoms with Gasteiger partial charge in [-0.05, 0) is 48.7 Å². The zero-order valence-electron chi connectivity index (χ0n) is 16.1. The Hall–Kier alpha value is -2.86. The highest BCUT2D eigenvalue weighted by Gasteiger charge is 2.52. The summed E-state index contributed by atoms with van der Waals surface area (Å²) >= 11 is 5.91. The van der Waals surface area contributed by atoms with Gasteiger partial charge in [-0.3, -0.25) is 14.4 Å². The van der Waals surface area contributed by atoms with E-state index >= 15 is 0 Å². The molecule has 1 saturated heterocycles. The summed E-state index contributed by atoms with van der Waals surface area (Å²) in [6.07, 6.45) is 1.03.